The van der Waals surface area contributed by atoms with Crippen LogP contribution in [0.2, 0.25) is 0 Å². The maximum atomic E-state index is 6.66. The largest absolute Gasteiger partial charge is 0.456 e. The molecule has 96 heavy (non-hydrogen) atoms. The highest BCUT2D eigenvalue weighted by Crippen LogP contribution is 2.56. The molecule has 3 aromatic heterocycles. The molecule has 464 valence electrons. The molecular weight excluding hydrogens is 1170 g/mol. The summed E-state index contributed by atoms with van der Waals surface area (Å²) < 4.78 is 15.7. The number of hydrogen-bond acceptors (Lipinski definition) is 4. The van der Waals surface area contributed by atoms with Gasteiger partial charge in [-0.25, -0.2) is 0 Å². The smallest absolute Gasteiger partial charge is 0.252 e. The second-order valence-electron chi connectivity index (χ2n) is 28.6. The van der Waals surface area contributed by atoms with E-state index in [0.717, 1.165) is 49.6 Å². The van der Waals surface area contributed by atoms with Gasteiger partial charge in [-0.05, 0) is 165 Å². The fourth-order valence-corrected chi connectivity index (χ4v) is 19.3. The van der Waals surface area contributed by atoms with E-state index in [4.69, 9.17) is 8.83 Å². The first kappa shape index (κ1) is 56.1. The summed E-state index contributed by atoms with van der Waals surface area (Å²) in [7, 11) is 0. The molecule has 0 spiro atoms. The van der Waals surface area contributed by atoms with Crippen molar-refractivity contribution in [2.75, 3.05) is 9.80 Å². The van der Waals surface area contributed by atoms with Gasteiger partial charge in [0.2, 0.25) is 0 Å². The average Bonchev–Trinajstić information content (AvgIpc) is 0.815. The van der Waals surface area contributed by atoms with Gasteiger partial charge in [0.15, 0.2) is 0 Å². The summed E-state index contributed by atoms with van der Waals surface area (Å²) >= 11 is 0. The van der Waals surface area contributed by atoms with Crippen LogP contribution in [0.5, 0.6) is 0 Å². The summed E-state index contributed by atoms with van der Waals surface area (Å²) in [6.45, 7) is -0.114. The van der Waals surface area contributed by atoms with Crippen LogP contribution in [0, 0.1) is 23.7 Å². The van der Waals surface area contributed by atoms with E-state index in [-0.39, 0.29) is 6.71 Å². The van der Waals surface area contributed by atoms with E-state index in [9.17, 15) is 0 Å². The molecule has 2 unspecified atom stereocenters. The molecule has 0 radical (unpaired) electrons. The van der Waals surface area contributed by atoms with Gasteiger partial charge < -0.3 is 23.2 Å². The van der Waals surface area contributed by atoms with Crippen LogP contribution in [0.1, 0.15) is 83.5 Å². The number of aromatic nitrogens is 1. The number of rotatable bonds is 9. The van der Waals surface area contributed by atoms with Crippen LogP contribution >= 0.6 is 0 Å². The molecule has 20 rings (SSSR count). The standard InChI is InChI=1S/C90H74BN3O2/c1-5-23-57(24-6-1)66-35-21-36-67(58-25-7-2-8-26-58)89(66)93-80-53-63(61-44-49-86-74(51-61)72-33-15-19-41-84(72)95-86)43-47-76(80)91-77-48-46-65(92-78-39-17-13-31-70(78)71-32-14-18-40-79(71)92)56-81(77)94(90-68(59-27-9-3-10-28-59)37-22-38-69(90)60-29-11-4-12-30-60)83-55-64(54-82(93)88(83)91)62-45-50-87-75(52-62)73-34-16-20-42-85(73)96-87/h3-4,9-20,22,27-34,37-58,66-67,89H,1-2,5-8,21,23-26,35-36H2. The molecule has 5 nitrogen and oxygen atoms in total. The first-order valence-corrected chi connectivity index (χ1v) is 35.7. The van der Waals surface area contributed by atoms with Gasteiger partial charge in [0, 0.05) is 77.9 Å². The molecule has 6 heteroatoms. The highest BCUT2D eigenvalue weighted by atomic mass is 16.3. The summed E-state index contributed by atoms with van der Waals surface area (Å²) in [5.41, 5.74) is 27.2. The van der Waals surface area contributed by atoms with Crippen molar-refractivity contribution >= 4 is 117 Å². The molecule has 0 amide bonds. The third kappa shape index (κ3) is 8.90. The van der Waals surface area contributed by atoms with Crippen molar-refractivity contribution in [3.8, 4) is 50.2 Å². The Morgan fingerprint density at radius 1 is 0.312 bits per heavy atom. The predicted molar refractivity (Wildman–Crippen MR) is 403 cm³/mol. The van der Waals surface area contributed by atoms with Gasteiger partial charge in [0.25, 0.3) is 6.71 Å². The van der Waals surface area contributed by atoms with E-state index in [1.165, 1.54) is 195 Å². The van der Waals surface area contributed by atoms with Gasteiger partial charge in [0.05, 0.1) is 16.7 Å². The lowest BCUT2D eigenvalue weighted by atomic mass is 9.33. The Morgan fingerprint density at radius 2 is 0.781 bits per heavy atom. The topological polar surface area (TPSA) is 37.7 Å². The highest BCUT2D eigenvalue weighted by Gasteiger charge is 2.51. The lowest BCUT2D eigenvalue weighted by molar-refractivity contribution is 0.0839. The lowest BCUT2D eigenvalue weighted by Gasteiger charge is -2.55. The Labute approximate surface area is 561 Å². The minimum absolute atomic E-state index is 0.114. The van der Waals surface area contributed by atoms with Crippen molar-refractivity contribution in [3.05, 3.63) is 261 Å². The van der Waals surface area contributed by atoms with Crippen LogP contribution in [0.25, 0.3) is 116 Å². The minimum Gasteiger partial charge on any atom is -0.456 e. The summed E-state index contributed by atoms with van der Waals surface area (Å²) in [6, 6.07) is 99.4. The van der Waals surface area contributed by atoms with E-state index >= 15 is 0 Å². The molecule has 5 aliphatic rings. The number of furan rings is 2. The normalized spacial score (nSPS) is 18.2. The van der Waals surface area contributed by atoms with E-state index in [2.05, 4.69) is 275 Å². The third-order valence-electron chi connectivity index (χ3n) is 23.5. The fraction of sp³-hybridized carbons (Fsp3) is 0.200. The Kier molecular flexibility index (Phi) is 13.3. The van der Waals surface area contributed by atoms with Crippen LogP contribution in [-0.4, -0.2) is 17.3 Å². The summed E-state index contributed by atoms with van der Waals surface area (Å²) in [6.07, 6.45) is 17.2. The summed E-state index contributed by atoms with van der Waals surface area (Å²) in [5, 5.41) is 7.11. The van der Waals surface area contributed by atoms with Crippen LogP contribution in [-0.2, 0) is 0 Å². The molecule has 12 aromatic carbocycles. The van der Waals surface area contributed by atoms with Gasteiger partial charge in [0.1, 0.15) is 22.3 Å². The van der Waals surface area contributed by atoms with E-state index < -0.39 is 0 Å². The van der Waals surface area contributed by atoms with E-state index in [0.29, 0.717) is 29.7 Å². The molecule has 3 fully saturated rings. The molecular formula is C90H74BN3O2. The second-order valence-corrected chi connectivity index (χ2v) is 28.6. The molecule has 0 N–H and O–H groups in total. The summed E-state index contributed by atoms with van der Waals surface area (Å²) in [5.74, 6) is 2.44. The van der Waals surface area contributed by atoms with Crippen molar-refractivity contribution in [2.45, 2.75) is 89.5 Å². The zero-order valence-corrected chi connectivity index (χ0v) is 54.1. The number of para-hydroxylation sites is 5. The highest BCUT2D eigenvalue weighted by molar-refractivity contribution is 7.00. The molecule has 0 saturated heterocycles. The number of fused-ring (bicyclic) bond motifs is 13. The number of anilines is 5. The zero-order valence-electron chi connectivity index (χ0n) is 54.1. The Bertz CT molecular complexity index is 5410. The molecule has 2 atom stereocenters. The quantitative estimate of drug-likeness (QED) is 0.135. The fourth-order valence-electron chi connectivity index (χ4n) is 19.3. The minimum atomic E-state index is -0.114. The second kappa shape index (κ2) is 22.7. The Morgan fingerprint density at radius 3 is 1.38 bits per heavy atom. The molecule has 0 bridgehead atoms. The van der Waals surface area contributed by atoms with Gasteiger partial charge in [-0.2, -0.15) is 0 Å². The molecule has 3 saturated carbocycles. The number of hydrogen-bond donors (Lipinski definition) is 0. The van der Waals surface area contributed by atoms with Gasteiger partial charge >= 0.3 is 0 Å². The predicted octanol–water partition coefficient (Wildman–Crippen LogP) is 22.9. The van der Waals surface area contributed by atoms with E-state index in [1.807, 2.05) is 0 Å². The maximum Gasteiger partial charge on any atom is 0.252 e. The van der Waals surface area contributed by atoms with Crippen molar-refractivity contribution in [2.24, 2.45) is 23.7 Å². The number of nitrogens with zero attached hydrogens (tertiary/aromatic N) is 3. The Balaban J connectivity index is 0.929. The molecule has 2 aliphatic heterocycles. The maximum absolute atomic E-state index is 6.66. The van der Waals surface area contributed by atoms with Gasteiger partial charge in [-0.15, -0.1) is 0 Å². The molecule has 3 aliphatic carbocycles. The average molecular weight is 1240 g/mol. The van der Waals surface area contributed by atoms with Gasteiger partial charge in [-0.1, -0.05) is 253 Å². The Hall–Kier alpha value is -10.3. The first-order valence-electron chi connectivity index (χ1n) is 35.7. The van der Waals surface area contributed by atoms with E-state index in [1.54, 1.807) is 0 Å². The van der Waals surface area contributed by atoms with Crippen LogP contribution in [0.15, 0.2) is 270 Å². The molecule has 15 aromatic rings. The van der Waals surface area contributed by atoms with Crippen LogP contribution < -0.4 is 26.2 Å². The van der Waals surface area contributed by atoms with Crippen LogP contribution in [0.4, 0.5) is 28.4 Å². The van der Waals surface area contributed by atoms with Gasteiger partial charge in [-0.3, -0.25) is 0 Å². The summed E-state index contributed by atoms with van der Waals surface area (Å²) in [4.78, 5) is 5.85. The van der Waals surface area contributed by atoms with Crippen molar-refractivity contribution < 1.29 is 8.83 Å². The van der Waals surface area contributed by atoms with Crippen molar-refractivity contribution in [3.63, 3.8) is 0 Å². The monoisotopic (exact) mass is 1240 g/mol. The third-order valence-corrected chi connectivity index (χ3v) is 23.5. The number of benzene rings is 12. The van der Waals surface area contributed by atoms with Crippen molar-refractivity contribution in [1.29, 1.82) is 0 Å². The van der Waals surface area contributed by atoms with Crippen molar-refractivity contribution in [1.82, 2.24) is 4.57 Å². The zero-order chi connectivity index (χ0) is 63.0. The first-order chi connectivity index (χ1) is 47.6. The van der Waals surface area contributed by atoms with Crippen LogP contribution in [0.3, 0.4) is 0 Å². The lowest BCUT2D eigenvalue weighted by Crippen LogP contribution is -2.64. The molecule has 5 heterocycles. The SMILES string of the molecule is c1ccc(-c2cccc(-c3ccccc3)c2N2c3cc(-n4c5ccccc5c5ccccc54)ccc3B3c4ccc(-c5ccc6oc7ccccc7c6c5)cc4N(C4C(C5CCCCC5)CCCC4C4CCCCC4)c4cc(-c5ccc6oc7ccccc7c6c5)cc2c43)cc1.